The molecule has 7 heteroatoms. The summed E-state index contributed by atoms with van der Waals surface area (Å²) in [5.41, 5.74) is 1.10. The van der Waals surface area contributed by atoms with Gasteiger partial charge in [0, 0.05) is 13.6 Å². The van der Waals surface area contributed by atoms with Crippen LogP contribution in [0.5, 0.6) is 0 Å². The summed E-state index contributed by atoms with van der Waals surface area (Å²) in [6, 6.07) is 1.54. The van der Waals surface area contributed by atoms with Gasteiger partial charge in [0.15, 0.2) is 0 Å². The summed E-state index contributed by atoms with van der Waals surface area (Å²) in [6.07, 6.45) is 2.30. The molecule has 0 N–H and O–H groups in total. The summed E-state index contributed by atoms with van der Waals surface area (Å²) < 4.78 is 28.4. The van der Waals surface area contributed by atoms with E-state index in [1.165, 1.54) is 4.31 Å². The Morgan fingerprint density at radius 1 is 1.37 bits per heavy atom. The third-order valence-corrected chi connectivity index (χ3v) is 5.77. The van der Waals surface area contributed by atoms with Crippen molar-refractivity contribution in [2.24, 2.45) is 7.05 Å². The maximum Gasteiger partial charge on any atom is 0.247 e. The minimum absolute atomic E-state index is 0.247. The molecule has 0 aliphatic carbocycles. The second kappa shape index (κ2) is 4.94. The lowest BCUT2D eigenvalue weighted by atomic mass is 10.1. The van der Waals surface area contributed by atoms with Gasteiger partial charge in [-0.15, -0.1) is 0 Å². The van der Waals surface area contributed by atoms with Gasteiger partial charge in [0.1, 0.15) is 10.9 Å². The van der Waals surface area contributed by atoms with Gasteiger partial charge in [0.2, 0.25) is 10.0 Å². The third kappa shape index (κ3) is 2.26. The van der Waals surface area contributed by atoms with E-state index in [-0.39, 0.29) is 4.90 Å². The molecule has 19 heavy (non-hydrogen) atoms. The first-order valence-corrected chi connectivity index (χ1v) is 7.75. The zero-order valence-corrected chi connectivity index (χ0v) is 12.2. The van der Waals surface area contributed by atoms with Crippen LogP contribution in [0.25, 0.3) is 0 Å². The molecule has 1 unspecified atom stereocenters. The predicted molar refractivity (Wildman–Crippen MR) is 69.8 cm³/mol. The van der Waals surface area contributed by atoms with Crippen LogP contribution in [-0.2, 0) is 17.1 Å². The lowest BCUT2D eigenvalue weighted by Gasteiger charge is -2.30. The van der Waals surface area contributed by atoms with Crippen LogP contribution in [0.1, 0.15) is 30.7 Å². The van der Waals surface area contributed by atoms with E-state index in [4.69, 9.17) is 5.26 Å². The van der Waals surface area contributed by atoms with Gasteiger partial charge in [0.25, 0.3) is 0 Å². The largest absolute Gasteiger partial charge is 0.271 e. The standard InChI is InChI=1S/C12H18N4O2S/c1-9-12(10(2)15(3)14-9)19(17,18)16-7-5-4-6-11(16)8-13/h11H,4-7H2,1-3H3. The van der Waals surface area contributed by atoms with E-state index < -0.39 is 16.1 Å². The Labute approximate surface area is 113 Å². The highest BCUT2D eigenvalue weighted by atomic mass is 32.2. The van der Waals surface area contributed by atoms with Crippen molar-refractivity contribution < 1.29 is 8.42 Å². The smallest absolute Gasteiger partial charge is 0.247 e. The molecule has 104 valence electrons. The summed E-state index contributed by atoms with van der Waals surface area (Å²) in [6.45, 7) is 3.83. The number of nitrogens with zero attached hydrogens (tertiary/aromatic N) is 4. The third-order valence-electron chi connectivity index (χ3n) is 3.61. The van der Waals surface area contributed by atoms with Crippen LogP contribution in [0.2, 0.25) is 0 Å². The van der Waals surface area contributed by atoms with E-state index in [1.54, 1.807) is 25.6 Å². The highest BCUT2D eigenvalue weighted by molar-refractivity contribution is 7.89. The lowest BCUT2D eigenvalue weighted by molar-refractivity contribution is 0.297. The van der Waals surface area contributed by atoms with Gasteiger partial charge >= 0.3 is 0 Å². The summed E-state index contributed by atoms with van der Waals surface area (Å²) in [5, 5.41) is 13.3. The minimum atomic E-state index is -3.64. The summed E-state index contributed by atoms with van der Waals surface area (Å²) in [7, 11) is -1.91. The molecule has 0 amide bonds. The van der Waals surface area contributed by atoms with Crippen molar-refractivity contribution in [3.8, 4) is 6.07 Å². The summed E-state index contributed by atoms with van der Waals surface area (Å²) in [4.78, 5) is 0.247. The quantitative estimate of drug-likeness (QED) is 0.813. The van der Waals surface area contributed by atoms with Crippen LogP contribution >= 0.6 is 0 Å². The summed E-state index contributed by atoms with van der Waals surface area (Å²) in [5.74, 6) is 0. The van der Waals surface area contributed by atoms with Crippen molar-refractivity contribution in [3.05, 3.63) is 11.4 Å². The first-order chi connectivity index (χ1) is 8.89. The molecule has 1 atom stereocenters. The van der Waals surface area contributed by atoms with Gasteiger partial charge in [-0.1, -0.05) is 0 Å². The first kappa shape index (κ1) is 14.0. The van der Waals surface area contributed by atoms with Crippen molar-refractivity contribution >= 4 is 10.0 Å². The van der Waals surface area contributed by atoms with Crippen LogP contribution in [0.4, 0.5) is 0 Å². The highest BCUT2D eigenvalue weighted by Crippen LogP contribution is 2.28. The monoisotopic (exact) mass is 282 g/mol. The molecule has 0 spiro atoms. The summed E-state index contributed by atoms with van der Waals surface area (Å²) >= 11 is 0. The Morgan fingerprint density at radius 2 is 2.05 bits per heavy atom. The van der Waals surface area contributed by atoms with Crippen LogP contribution in [0, 0.1) is 25.2 Å². The fraction of sp³-hybridized carbons (Fsp3) is 0.667. The zero-order valence-electron chi connectivity index (χ0n) is 11.4. The number of sulfonamides is 1. The first-order valence-electron chi connectivity index (χ1n) is 6.31. The number of hydrogen-bond donors (Lipinski definition) is 0. The molecular formula is C12H18N4O2S. The van der Waals surface area contributed by atoms with Gasteiger partial charge in [-0.2, -0.15) is 14.7 Å². The van der Waals surface area contributed by atoms with Crippen LogP contribution in [0.15, 0.2) is 4.90 Å². The molecule has 0 saturated carbocycles. The fourth-order valence-electron chi connectivity index (χ4n) is 2.57. The topological polar surface area (TPSA) is 79.0 Å². The number of nitriles is 1. The second-order valence-electron chi connectivity index (χ2n) is 4.88. The van der Waals surface area contributed by atoms with Crippen LogP contribution < -0.4 is 0 Å². The second-order valence-corrected chi connectivity index (χ2v) is 6.71. The normalized spacial score (nSPS) is 21.3. The van der Waals surface area contributed by atoms with E-state index in [1.807, 2.05) is 0 Å². The molecular weight excluding hydrogens is 264 g/mol. The number of hydrogen-bond acceptors (Lipinski definition) is 4. The van der Waals surface area contributed by atoms with Gasteiger partial charge in [-0.05, 0) is 33.1 Å². The molecule has 1 aliphatic rings. The molecule has 6 nitrogen and oxygen atoms in total. The van der Waals surface area contributed by atoms with E-state index >= 15 is 0 Å². The number of aryl methyl sites for hydroxylation is 2. The van der Waals surface area contributed by atoms with Crippen molar-refractivity contribution in [3.63, 3.8) is 0 Å². The van der Waals surface area contributed by atoms with Gasteiger partial charge in [-0.3, -0.25) is 4.68 Å². The zero-order chi connectivity index (χ0) is 14.2. The number of piperidine rings is 1. The van der Waals surface area contributed by atoms with Gasteiger partial charge < -0.3 is 0 Å². The van der Waals surface area contributed by atoms with Crippen LogP contribution in [-0.4, -0.2) is 35.1 Å². The van der Waals surface area contributed by atoms with E-state index in [0.717, 1.165) is 12.8 Å². The van der Waals surface area contributed by atoms with Crippen molar-refractivity contribution in [1.82, 2.24) is 14.1 Å². The van der Waals surface area contributed by atoms with E-state index in [2.05, 4.69) is 11.2 Å². The number of aromatic nitrogens is 2. The predicted octanol–water partition coefficient (Wildman–Crippen LogP) is 1.10. The molecule has 1 fully saturated rings. The highest BCUT2D eigenvalue weighted by Gasteiger charge is 2.36. The number of rotatable bonds is 2. The molecule has 0 bridgehead atoms. The molecule has 1 aromatic heterocycles. The van der Waals surface area contributed by atoms with Gasteiger partial charge in [0.05, 0.1) is 17.5 Å². The van der Waals surface area contributed by atoms with E-state index in [9.17, 15) is 8.42 Å². The molecule has 2 heterocycles. The maximum atomic E-state index is 12.7. The Balaban J connectivity index is 2.50. The Bertz CT molecular complexity index is 627. The van der Waals surface area contributed by atoms with Crippen LogP contribution in [0.3, 0.4) is 0 Å². The molecule has 0 aromatic carbocycles. The Morgan fingerprint density at radius 3 is 2.58 bits per heavy atom. The SMILES string of the molecule is Cc1nn(C)c(C)c1S(=O)(=O)N1CCCCC1C#N. The van der Waals surface area contributed by atoms with Crippen molar-refractivity contribution in [1.29, 1.82) is 5.26 Å². The minimum Gasteiger partial charge on any atom is -0.271 e. The Hall–Kier alpha value is -1.39. The molecule has 1 aliphatic heterocycles. The van der Waals surface area contributed by atoms with E-state index in [0.29, 0.717) is 24.4 Å². The van der Waals surface area contributed by atoms with Gasteiger partial charge in [-0.25, -0.2) is 8.42 Å². The molecule has 2 rings (SSSR count). The van der Waals surface area contributed by atoms with Crippen molar-refractivity contribution in [2.75, 3.05) is 6.54 Å². The average Bonchev–Trinajstić information content (AvgIpc) is 2.63. The lowest BCUT2D eigenvalue weighted by Crippen LogP contribution is -2.43. The van der Waals surface area contributed by atoms with Crippen molar-refractivity contribution in [2.45, 2.75) is 44.0 Å². The maximum absolute atomic E-state index is 12.7. The molecule has 0 radical (unpaired) electrons. The molecule has 1 saturated heterocycles. The Kier molecular flexibility index (Phi) is 3.65. The fourth-order valence-corrected chi connectivity index (χ4v) is 4.58. The average molecular weight is 282 g/mol. The molecule has 1 aromatic rings.